The highest BCUT2D eigenvalue weighted by atomic mass is 19.3. The average Bonchev–Trinajstić information content (AvgIpc) is 2.52. The van der Waals surface area contributed by atoms with E-state index in [-0.39, 0.29) is 5.56 Å². The van der Waals surface area contributed by atoms with Gasteiger partial charge in [0.05, 0.1) is 0 Å². The summed E-state index contributed by atoms with van der Waals surface area (Å²) >= 11 is 0. The number of rotatable bonds is 6. The Hall–Kier alpha value is -1.25. The average molecular weight is 308 g/mol. The van der Waals surface area contributed by atoms with E-state index in [1.807, 2.05) is 12.1 Å². The zero-order chi connectivity index (χ0) is 16.2. The van der Waals surface area contributed by atoms with Crippen LogP contribution in [0.5, 0.6) is 0 Å². The molecule has 0 N–H and O–H groups in total. The van der Waals surface area contributed by atoms with Gasteiger partial charge in [0, 0.05) is 12.5 Å². The van der Waals surface area contributed by atoms with Crippen molar-refractivity contribution in [2.75, 3.05) is 0 Å². The Morgan fingerprint density at radius 2 is 1.73 bits per heavy atom. The molecule has 0 aliphatic heterocycles. The van der Waals surface area contributed by atoms with Crippen molar-refractivity contribution in [1.29, 1.82) is 0 Å². The topological polar surface area (TPSA) is 17.1 Å². The van der Waals surface area contributed by atoms with Crippen LogP contribution in [0.1, 0.15) is 80.6 Å². The number of Topliss-reactive ketones (excluding diaryl/α,β-unsaturated/α-hetero) is 1. The molecule has 122 valence electrons. The number of carbonyl (C=O) groups excluding carboxylic acids is 1. The number of halogens is 2. The van der Waals surface area contributed by atoms with E-state index in [1.54, 1.807) is 12.1 Å². The van der Waals surface area contributed by atoms with Crippen molar-refractivity contribution in [3.05, 3.63) is 35.4 Å². The van der Waals surface area contributed by atoms with Crippen molar-refractivity contribution < 1.29 is 13.6 Å². The molecule has 0 amide bonds. The molecule has 1 aliphatic carbocycles. The Kier molecular flexibility index (Phi) is 5.71. The second-order valence-electron chi connectivity index (χ2n) is 6.70. The molecule has 1 aliphatic rings. The highest BCUT2D eigenvalue weighted by molar-refractivity contribution is 6.01. The minimum Gasteiger partial charge on any atom is -0.287 e. The van der Waals surface area contributed by atoms with Crippen LogP contribution in [0, 0.1) is 5.92 Å². The van der Waals surface area contributed by atoms with Crippen molar-refractivity contribution in [3.63, 3.8) is 0 Å². The van der Waals surface area contributed by atoms with E-state index < -0.39 is 11.7 Å². The quantitative estimate of drug-likeness (QED) is 0.590. The van der Waals surface area contributed by atoms with Crippen molar-refractivity contribution in [2.45, 2.75) is 70.6 Å². The first-order valence-electron chi connectivity index (χ1n) is 8.44. The van der Waals surface area contributed by atoms with Crippen LogP contribution in [-0.4, -0.2) is 11.7 Å². The number of hydrogen-bond acceptors (Lipinski definition) is 1. The van der Waals surface area contributed by atoms with E-state index in [0.717, 1.165) is 5.92 Å². The lowest BCUT2D eigenvalue weighted by molar-refractivity contribution is 0.0221. The van der Waals surface area contributed by atoms with Crippen LogP contribution in [0.4, 0.5) is 8.78 Å². The summed E-state index contributed by atoms with van der Waals surface area (Å²) in [7, 11) is 0. The molecular formula is C19H26F2O. The van der Waals surface area contributed by atoms with Crippen LogP contribution < -0.4 is 0 Å². The van der Waals surface area contributed by atoms with Crippen LogP contribution in [0.15, 0.2) is 24.3 Å². The largest absolute Gasteiger partial charge is 0.307 e. The fraction of sp³-hybridized carbons (Fsp3) is 0.632. The van der Waals surface area contributed by atoms with Gasteiger partial charge in [-0.05, 0) is 43.1 Å². The zero-order valence-electron chi connectivity index (χ0n) is 13.6. The third-order valence-electron chi connectivity index (χ3n) is 4.86. The van der Waals surface area contributed by atoms with Gasteiger partial charge >= 0.3 is 5.92 Å². The summed E-state index contributed by atoms with van der Waals surface area (Å²) in [4.78, 5) is 11.5. The van der Waals surface area contributed by atoms with E-state index in [4.69, 9.17) is 0 Å². The molecule has 22 heavy (non-hydrogen) atoms. The summed E-state index contributed by atoms with van der Waals surface area (Å²) in [6, 6.07) is 6.82. The third kappa shape index (κ3) is 4.37. The molecule has 3 heteroatoms. The molecule has 0 atom stereocenters. The molecule has 0 radical (unpaired) electrons. The Balaban J connectivity index is 1.93. The highest BCUT2D eigenvalue weighted by Gasteiger charge is 2.33. The highest BCUT2D eigenvalue weighted by Crippen LogP contribution is 2.37. The minimum atomic E-state index is -3.29. The number of hydrogen-bond donors (Lipinski definition) is 0. The van der Waals surface area contributed by atoms with Gasteiger partial charge in [-0.25, -0.2) is 0 Å². The van der Waals surface area contributed by atoms with E-state index in [9.17, 15) is 13.6 Å². The monoisotopic (exact) mass is 308 g/mol. The first-order valence-corrected chi connectivity index (χ1v) is 8.44. The van der Waals surface area contributed by atoms with Crippen LogP contribution in [0.3, 0.4) is 0 Å². The number of alkyl halides is 2. The molecular weight excluding hydrogens is 282 g/mol. The van der Waals surface area contributed by atoms with Crippen LogP contribution >= 0.6 is 0 Å². The zero-order valence-corrected chi connectivity index (χ0v) is 13.6. The molecule has 1 nitrogen and oxygen atoms in total. The maximum atomic E-state index is 13.1. The van der Waals surface area contributed by atoms with Crippen LogP contribution in [0.25, 0.3) is 0 Å². The van der Waals surface area contributed by atoms with Crippen molar-refractivity contribution in [3.8, 4) is 0 Å². The van der Waals surface area contributed by atoms with E-state index in [0.29, 0.717) is 12.8 Å². The van der Waals surface area contributed by atoms with Crippen molar-refractivity contribution >= 4 is 5.78 Å². The third-order valence-corrected chi connectivity index (χ3v) is 4.86. The van der Waals surface area contributed by atoms with Crippen molar-refractivity contribution in [1.82, 2.24) is 0 Å². The predicted molar refractivity (Wildman–Crippen MR) is 85.6 cm³/mol. The van der Waals surface area contributed by atoms with Crippen LogP contribution in [-0.2, 0) is 0 Å². The van der Waals surface area contributed by atoms with E-state index >= 15 is 0 Å². The van der Waals surface area contributed by atoms with Gasteiger partial charge in [-0.3, -0.25) is 4.79 Å². The lowest BCUT2D eigenvalue weighted by Crippen LogP contribution is -2.24. The molecule has 2 rings (SSSR count). The minimum absolute atomic E-state index is 0.105. The van der Waals surface area contributed by atoms with Crippen LogP contribution in [0.2, 0.25) is 0 Å². The Labute approximate surface area is 132 Å². The molecule has 0 unspecified atom stereocenters. The molecule has 0 spiro atoms. The Bertz CT molecular complexity index is 479. The SMILES string of the molecule is CCCC[C@H]1CC[C@H](c2ccc(C(=O)C(C)(F)F)cc2)CC1. The Morgan fingerprint density at radius 3 is 2.23 bits per heavy atom. The van der Waals surface area contributed by atoms with Gasteiger partial charge < -0.3 is 0 Å². The molecule has 0 aromatic heterocycles. The fourth-order valence-corrected chi connectivity index (χ4v) is 3.44. The van der Waals surface area contributed by atoms with Gasteiger partial charge in [0.1, 0.15) is 0 Å². The summed E-state index contributed by atoms with van der Waals surface area (Å²) in [6.45, 7) is 2.88. The second-order valence-corrected chi connectivity index (χ2v) is 6.70. The maximum absolute atomic E-state index is 13.1. The number of unbranched alkanes of at least 4 members (excludes halogenated alkanes) is 1. The smallest absolute Gasteiger partial charge is 0.287 e. The number of benzene rings is 1. The van der Waals surface area contributed by atoms with Gasteiger partial charge in [0.25, 0.3) is 0 Å². The first-order chi connectivity index (χ1) is 10.4. The Morgan fingerprint density at radius 1 is 1.14 bits per heavy atom. The summed E-state index contributed by atoms with van der Waals surface area (Å²) in [5.41, 5.74) is 1.29. The molecule has 1 aromatic rings. The summed E-state index contributed by atoms with van der Waals surface area (Å²) < 4.78 is 26.1. The maximum Gasteiger partial charge on any atom is 0.307 e. The van der Waals surface area contributed by atoms with Gasteiger partial charge in [-0.1, -0.05) is 50.5 Å². The molecule has 0 heterocycles. The van der Waals surface area contributed by atoms with Gasteiger partial charge in [0.15, 0.2) is 0 Å². The summed E-state index contributed by atoms with van der Waals surface area (Å²) in [6.07, 6.45) is 8.78. The lowest BCUT2D eigenvalue weighted by Gasteiger charge is -2.29. The second kappa shape index (κ2) is 7.34. The van der Waals surface area contributed by atoms with Crippen molar-refractivity contribution in [2.24, 2.45) is 5.92 Å². The predicted octanol–water partition coefficient (Wildman–Crippen LogP) is 5.99. The molecule has 1 fully saturated rings. The molecule has 1 saturated carbocycles. The standard InChI is InChI=1S/C19H26F2O/c1-3-4-5-14-6-8-15(9-7-14)16-10-12-17(13-11-16)18(22)19(2,20)21/h10-15H,3-9H2,1-2H3/t14-,15-. The van der Waals surface area contributed by atoms with Gasteiger partial charge in [0.2, 0.25) is 5.78 Å². The van der Waals surface area contributed by atoms with E-state index in [2.05, 4.69) is 6.92 Å². The molecule has 0 bridgehead atoms. The van der Waals surface area contributed by atoms with Gasteiger partial charge in [-0.2, -0.15) is 8.78 Å². The van der Waals surface area contributed by atoms with Gasteiger partial charge in [-0.15, -0.1) is 0 Å². The first kappa shape index (κ1) is 17.1. The number of carbonyl (C=O) groups is 1. The fourth-order valence-electron chi connectivity index (χ4n) is 3.44. The lowest BCUT2D eigenvalue weighted by atomic mass is 9.77. The summed E-state index contributed by atoms with van der Waals surface area (Å²) in [5, 5.41) is 0. The summed E-state index contributed by atoms with van der Waals surface area (Å²) in [5.74, 6) is -3.01. The van der Waals surface area contributed by atoms with E-state index in [1.165, 1.54) is 50.5 Å². The molecule has 1 aromatic carbocycles. The molecule has 0 saturated heterocycles. The number of ketones is 1. The normalized spacial score (nSPS) is 22.5.